The summed E-state index contributed by atoms with van der Waals surface area (Å²) in [6.07, 6.45) is 6.02. The molecule has 0 atom stereocenters. The van der Waals surface area contributed by atoms with Crippen molar-refractivity contribution in [3.63, 3.8) is 0 Å². The molecule has 2 heterocycles. The van der Waals surface area contributed by atoms with Gasteiger partial charge in [-0.2, -0.15) is 0 Å². The topological polar surface area (TPSA) is 32.3 Å². The van der Waals surface area contributed by atoms with E-state index in [0.29, 0.717) is 5.41 Å². The summed E-state index contributed by atoms with van der Waals surface area (Å²) >= 11 is 0. The summed E-state index contributed by atoms with van der Waals surface area (Å²) in [5.41, 5.74) is 0.463. The lowest BCUT2D eigenvalue weighted by atomic mass is 9.73. The molecular formula is C10H18N2O. The monoisotopic (exact) mass is 182 g/mol. The first-order valence-corrected chi connectivity index (χ1v) is 5.25. The number of hydrogen-bond donors (Lipinski definition) is 1. The third kappa shape index (κ3) is 1.85. The first-order valence-electron chi connectivity index (χ1n) is 5.25. The molecule has 74 valence electrons. The number of hydrogen-bond acceptors (Lipinski definition) is 2. The highest BCUT2D eigenvalue weighted by Crippen LogP contribution is 2.37. The van der Waals surface area contributed by atoms with E-state index in [2.05, 4.69) is 5.32 Å². The zero-order chi connectivity index (χ0) is 9.15. The summed E-state index contributed by atoms with van der Waals surface area (Å²) in [6, 6.07) is 0. The van der Waals surface area contributed by atoms with Crippen molar-refractivity contribution in [1.82, 2.24) is 10.2 Å². The Morgan fingerprint density at radius 2 is 2.00 bits per heavy atom. The Morgan fingerprint density at radius 3 is 2.69 bits per heavy atom. The molecule has 0 aliphatic carbocycles. The molecular weight excluding hydrogens is 164 g/mol. The molecule has 0 radical (unpaired) electrons. The van der Waals surface area contributed by atoms with Crippen LogP contribution in [0.1, 0.15) is 25.7 Å². The molecule has 0 aromatic carbocycles. The molecule has 2 aliphatic heterocycles. The second-order valence-corrected chi connectivity index (χ2v) is 4.43. The van der Waals surface area contributed by atoms with Gasteiger partial charge in [-0.15, -0.1) is 0 Å². The fourth-order valence-electron chi connectivity index (χ4n) is 2.70. The quantitative estimate of drug-likeness (QED) is 0.603. The summed E-state index contributed by atoms with van der Waals surface area (Å²) in [6.45, 7) is 4.23. The molecule has 2 aliphatic rings. The van der Waals surface area contributed by atoms with E-state index >= 15 is 0 Å². The maximum Gasteiger partial charge on any atom is 0.209 e. The molecule has 0 bridgehead atoms. The number of piperidine rings is 2. The molecule has 3 nitrogen and oxygen atoms in total. The van der Waals surface area contributed by atoms with Gasteiger partial charge in [0.15, 0.2) is 0 Å². The van der Waals surface area contributed by atoms with Crippen LogP contribution in [0.25, 0.3) is 0 Å². The van der Waals surface area contributed by atoms with Crippen LogP contribution in [0, 0.1) is 5.41 Å². The largest absolute Gasteiger partial charge is 0.345 e. The minimum Gasteiger partial charge on any atom is -0.345 e. The summed E-state index contributed by atoms with van der Waals surface area (Å²) in [5, 5.41) is 3.38. The molecule has 2 fully saturated rings. The average Bonchev–Trinajstić information content (AvgIpc) is 2.19. The predicted molar refractivity (Wildman–Crippen MR) is 51.4 cm³/mol. The van der Waals surface area contributed by atoms with Gasteiger partial charge in [0.25, 0.3) is 0 Å². The first-order chi connectivity index (χ1) is 6.35. The van der Waals surface area contributed by atoms with Crippen LogP contribution in [-0.4, -0.2) is 37.5 Å². The number of carbonyl (C=O) groups is 1. The summed E-state index contributed by atoms with van der Waals surface area (Å²) < 4.78 is 0. The molecule has 1 amide bonds. The number of rotatable bonds is 1. The van der Waals surface area contributed by atoms with Crippen LogP contribution >= 0.6 is 0 Å². The Balaban J connectivity index is 1.99. The van der Waals surface area contributed by atoms with E-state index in [4.69, 9.17) is 0 Å². The molecule has 0 aromatic heterocycles. The van der Waals surface area contributed by atoms with Crippen LogP contribution in [-0.2, 0) is 4.79 Å². The van der Waals surface area contributed by atoms with Gasteiger partial charge in [0.2, 0.25) is 6.41 Å². The van der Waals surface area contributed by atoms with Gasteiger partial charge >= 0.3 is 0 Å². The minimum atomic E-state index is 0.463. The smallest absolute Gasteiger partial charge is 0.209 e. The number of nitrogens with zero attached hydrogens (tertiary/aromatic N) is 1. The lowest BCUT2D eigenvalue weighted by molar-refractivity contribution is -0.121. The van der Waals surface area contributed by atoms with Crippen molar-refractivity contribution < 1.29 is 4.79 Å². The van der Waals surface area contributed by atoms with E-state index < -0.39 is 0 Å². The van der Waals surface area contributed by atoms with Crippen molar-refractivity contribution >= 4 is 6.41 Å². The van der Waals surface area contributed by atoms with Crippen molar-refractivity contribution in [3.8, 4) is 0 Å². The van der Waals surface area contributed by atoms with Crippen LogP contribution < -0.4 is 5.32 Å². The molecule has 3 heteroatoms. The highest BCUT2D eigenvalue weighted by Gasteiger charge is 2.35. The standard InChI is InChI=1S/C10H18N2O/c13-9-12-7-1-2-10(8-12)3-5-11-6-4-10/h9,11H,1-8H2. The number of nitrogens with one attached hydrogen (secondary N) is 1. The average molecular weight is 182 g/mol. The Kier molecular flexibility index (Phi) is 2.54. The van der Waals surface area contributed by atoms with Crippen LogP contribution in [0.3, 0.4) is 0 Å². The second kappa shape index (κ2) is 3.66. The SMILES string of the molecule is O=CN1CCCC2(CCNCC2)C1. The second-order valence-electron chi connectivity index (χ2n) is 4.43. The van der Waals surface area contributed by atoms with E-state index in [1.54, 1.807) is 0 Å². The Bertz CT molecular complexity index is 182. The van der Waals surface area contributed by atoms with E-state index in [-0.39, 0.29) is 0 Å². The first kappa shape index (κ1) is 9.00. The van der Waals surface area contributed by atoms with Crippen molar-refractivity contribution in [3.05, 3.63) is 0 Å². The van der Waals surface area contributed by atoms with Gasteiger partial charge in [-0.3, -0.25) is 4.79 Å². The third-order valence-electron chi connectivity index (χ3n) is 3.50. The van der Waals surface area contributed by atoms with Gasteiger partial charge in [0, 0.05) is 13.1 Å². The summed E-state index contributed by atoms with van der Waals surface area (Å²) in [4.78, 5) is 12.6. The minimum absolute atomic E-state index is 0.463. The lowest BCUT2D eigenvalue weighted by Gasteiger charge is -2.44. The molecule has 2 rings (SSSR count). The molecule has 0 aromatic rings. The van der Waals surface area contributed by atoms with Crippen LogP contribution in [0.2, 0.25) is 0 Å². The Labute approximate surface area is 79.5 Å². The number of likely N-dealkylation sites (tertiary alicyclic amines) is 1. The number of amides is 1. The van der Waals surface area contributed by atoms with Crippen molar-refractivity contribution in [2.75, 3.05) is 26.2 Å². The van der Waals surface area contributed by atoms with Crippen molar-refractivity contribution in [2.45, 2.75) is 25.7 Å². The van der Waals surface area contributed by atoms with Crippen molar-refractivity contribution in [2.24, 2.45) is 5.41 Å². The van der Waals surface area contributed by atoms with E-state index in [1.807, 2.05) is 4.90 Å². The molecule has 1 spiro atoms. The highest BCUT2D eigenvalue weighted by atomic mass is 16.1. The molecule has 1 N–H and O–H groups in total. The summed E-state index contributed by atoms with van der Waals surface area (Å²) in [5.74, 6) is 0. The van der Waals surface area contributed by atoms with Crippen LogP contribution in [0.4, 0.5) is 0 Å². The van der Waals surface area contributed by atoms with Crippen LogP contribution in [0.15, 0.2) is 0 Å². The molecule has 0 unspecified atom stereocenters. The highest BCUT2D eigenvalue weighted by molar-refractivity contribution is 5.47. The summed E-state index contributed by atoms with van der Waals surface area (Å²) in [7, 11) is 0. The van der Waals surface area contributed by atoms with Gasteiger partial charge in [-0.05, 0) is 44.2 Å². The lowest BCUT2D eigenvalue weighted by Crippen LogP contribution is -2.47. The zero-order valence-corrected chi connectivity index (χ0v) is 8.09. The Morgan fingerprint density at radius 1 is 1.23 bits per heavy atom. The maximum absolute atomic E-state index is 10.7. The fourth-order valence-corrected chi connectivity index (χ4v) is 2.70. The third-order valence-corrected chi connectivity index (χ3v) is 3.50. The van der Waals surface area contributed by atoms with E-state index in [0.717, 1.165) is 32.6 Å². The van der Waals surface area contributed by atoms with Gasteiger partial charge in [0.05, 0.1) is 0 Å². The normalized spacial score (nSPS) is 27.5. The van der Waals surface area contributed by atoms with E-state index in [1.165, 1.54) is 25.7 Å². The van der Waals surface area contributed by atoms with E-state index in [9.17, 15) is 4.79 Å². The van der Waals surface area contributed by atoms with Crippen molar-refractivity contribution in [1.29, 1.82) is 0 Å². The molecule has 0 saturated carbocycles. The number of carbonyl (C=O) groups excluding carboxylic acids is 1. The zero-order valence-electron chi connectivity index (χ0n) is 8.09. The fraction of sp³-hybridized carbons (Fsp3) is 0.900. The van der Waals surface area contributed by atoms with Gasteiger partial charge in [0.1, 0.15) is 0 Å². The van der Waals surface area contributed by atoms with Gasteiger partial charge < -0.3 is 10.2 Å². The van der Waals surface area contributed by atoms with Gasteiger partial charge in [-0.25, -0.2) is 0 Å². The maximum atomic E-state index is 10.7. The van der Waals surface area contributed by atoms with Crippen LogP contribution in [0.5, 0.6) is 0 Å². The predicted octanol–water partition coefficient (Wildman–Crippen LogP) is 0.608. The Hall–Kier alpha value is -0.570. The molecule has 2 saturated heterocycles. The molecule has 13 heavy (non-hydrogen) atoms. The van der Waals surface area contributed by atoms with Gasteiger partial charge in [-0.1, -0.05) is 0 Å².